The Morgan fingerprint density at radius 2 is 1.77 bits per heavy atom. The highest BCUT2D eigenvalue weighted by Crippen LogP contribution is 2.28. The minimum atomic E-state index is -4.68. The van der Waals surface area contributed by atoms with E-state index < -0.39 is 17.9 Å². The van der Waals surface area contributed by atoms with Crippen LogP contribution in [0.2, 0.25) is 0 Å². The lowest BCUT2D eigenvalue weighted by molar-refractivity contribution is -0.144. The van der Waals surface area contributed by atoms with Crippen LogP contribution >= 0.6 is 0 Å². The van der Waals surface area contributed by atoms with Gasteiger partial charge in [-0.05, 0) is 11.6 Å². The van der Waals surface area contributed by atoms with Crippen molar-refractivity contribution in [3.05, 3.63) is 48.4 Å². The molecule has 2 N–H and O–H groups in total. The van der Waals surface area contributed by atoms with Gasteiger partial charge in [0.25, 0.3) is 5.82 Å². The van der Waals surface area contributed by atoms with Crippen LogP contribution in [0.3, 0.4) is 0 Å². The molecule has 0 radical (unpaired) electrons. The number of anilines is 1. The molecule has 0 atom stereocenters. The van der Waals surface area contributed by atoms with E-state index in [-0.39, 0.29) is 5.82 Å². The Hall–Kier alpha value is -2.97. The van der Waals surface area contributed by atoms with Crippen LogP contribution in [-0.4, -0.2) is 25.0 Å². The maximum Gasteiger partial charge on any atom is 0.453 e. The Bertz CT molecular complexity index is 797. The van der Waals surface area contributed by atoms with Crippen LogP contribution in [0, 0.1) is 0 Å². The van der Waals surface area contributed by atoms with Crippen LogP contribution in [0.25, 0.3) is 16.9 Å². The SMILES string of the molecule is Nc1nc(C(F)(F)F)nn1-c1cc(-c2ccccc2)cnn1. The largest absolute Gasteiger partial charge is 0.453 e. The molecule has 0 amide bonds. The van der Waals surface area contributed by atoms with Gasteiger partial charge in [0.1, 0.15) is 0 Å². The van der Waals surface area contributed by atoms with E-state index in [1.54, 1.807) is 0 Å². The Labute approximate surface area is 122 Å². The van der Waals surface area contributed by atoms with Gasteiger partial charge in [-0.15, -0.1) is 10.2 Å². The number of nitrogens with zero attached hydrogens (tertiary/aromatic N) is 5. The highest BCUT2D eigenvalue weighted by Gasteiger charge is 2.37. The van der Waals surface area contributed by atoms with Gasteiger partial charge in [0.2, 0.25) is 5.95 Å². The van der Waals surface area contributed by atoms with E-state index in [1.165, 1.54) is 12.3 Å². The summed E-state index contributed by atoms with van der Waals surface area (Å²) in [7, 11) is 0. The second-order valence-electron chi connectivity index (χ2n) is 4.37. The first-order chi connectivity index (χ1) is 10.4. The molecule has 0 saturated heterocycles. The zero-order valence-corrected chi connectivity index (χ0v) is 11.0. The summed E-state index contributed by atoms with van der Waals surface area (Å²) in [6, 6.07) is 10.7. The summed E-state index contributed by atoms with van der Waals surface area (Å²) >= 11 is 0. The monoisotopic (exact) mass is 306 g/mol. The van der Waals surface area contributed by atoms with Gasteiger partial charge in [-0.1, -0.05) is 30.3 Å². The van der Waals surface area contributed by atoms with Crippen molar-refractivity contribution < 1.29 is 13.2 Å². The standard InChI is InChI=1S/C13H9F3N6/c14-13(15,16)11-19-12(17)22(21-11)10-6-9(7-18-20-10)8-4-2-1-3-5-8/h1-7H,(H2,17,19,21). The van der Waals surface area contributed by atoms with Crippen molar-refractivity contribution in [1.29, 1.82) is 0 Å². The summed E-state index contributed by atoms with van der Waals surface area (Å²) in [4.78, 5) is 3.20. The maximum absolute atomic E-state index is 12.6. The molecule has 0 spiro atoms. The Balaban J connectivity index is 2.05. The molecule has 1 aromatic carbocycles. The molecule has 2 aromatic heterocycles. The minimum Gasteiger partial charge on any atom is -0.368 e. The molecule has 0 unspecified atom stereocenters. The van der Waals surface area contributed by atoms with Gasteiger partial charge in [0.05, 0.1) is 6.20 Å². The van der Waals surface area contributed by atoms with E-state index in [1.807, 2.05) is 30.3 Å². The summed E-state index contributed by atoms with van der Waals surface area (Å²) in [6.07, 6.45) is -3.18. The molecular formula is C13H9F3N6. The van der Waals surface area contributed by atoms with Gasteiger partial charge in [-0.2, -0.15) is 27.9 Å². The average molecular weight is 306 g/mol. The van der Waals surface area contributed by atoms with E-state index in [0.717, 1.165) is 10.2 Å². The van der Waals surface area contributed by atoms with Gasteiger partial charge >= 0.3 is 6.18 Å². The molecule has 112 valence electrons. The number of hydrogen-bond acceptors (Lipinski definition) is 5. The van der Waals surface area contributed by atoms with Crippen molar-refractivity contribution in [2.75, 3.05) is 5.73 Å². The normalized spacial score (nSPS) is 11.6. The number of nitrogens with two attached hydrogens (primary N) is 1. The van der Waals surface area contributed by atoms with Crippen LogP contribution in [0.5, 0.6) is 0 Å². The van der Waals surface area contributed by atoms with Crippen molar-refractivity contribution in [3.63, 3.8) is 0 Å². The molecule has 0 saturated carbocycles. The predicted octanol–water partition coefficient (Wildman–Crippen LogP) is 2.33. The predicted molar refractivity (Wildman–Crippen MR) is 71.8 cm³/mol. The molecular weight excluding hydrogens is 297 g/mol. The van der Waals surface area contributed by atoms with E-state index in [0.29, 0.717) is 5.56 Å². The third-order valence-electron chi connectivity index (χ3n) is 2.85. The van der Waals surface area contributed by atoms with Crippen molar-refractivity contribution >= 4 is 5.95 Å². The molecule has 9 heteroatoms. The van der Waals surface area contributed by atoms with Gasteiger partial charge in [0.15, 0.2) is 5.82 Å². The van der Waals surface area contributed by atoms with E-state index in [4.69, 9.17) is 5.73 Å². The second kappa shape index (κ2) is 5.10. The minimum absolute atomic E-state index is 0.0573. The quantitative estimate of drug-likeness (QED) is 0.785. The van der Waals surface area contributed by atoms with Crippen LogP contribution in [0.15, 0.2) is 42.6 Å². The Morgan fingerprint density at radius 1 is 1.05 bits per heavy atom. The fourth-order valence-corrected chi connectivity index (χ4v) is 1.86. The molecule has 0 fully saturated rings. The number of aromatic nitrogens is 5. The third-order valence-corrected chi connectivity index (χ3v) is 2.85. The zero-order valence-electron chi connectivity index (χ0n) is 11.0. The van der Waals surface area contributed by atoms with Crippen LogP contribution in [0.1, 0.15) is 5.82 Å². The van der Waals surface area contributed by atoms with Gasteiger partial charge in [-0.3, -0.25) is 0 Å². The highest BCUT2D eigenvalue weighted by atomic mass is 19.4. The molecule has 6 nitrogen and oxygen atoms in total. The first kappa shape index (κ1) is 14.0. The van der Waals surface area contributed by atoms with Crippen molar-refractivity contribution in [2.45, 2.75) is 6.18 Å². The summed E-state index contributed by atoms with van der Waals surface area (Å²) < 4.78 is 38.6. The van der Waals surface area contributed by atoms with Crippen LogP contribution in [0.4, 0.5) is 19.1 Å². The molecule has 2 heterocycles. The van der Waals surface area contributed by atoms with Crippen molar-refractivity contribution in [1.82, 2.24) is 25.0 Å². The number of rotatable bonds is 2. The first-order valence-corrected chi connectivity index (χ1v) is 6.13. The molecule has 0 aliphatic rings. The maximum atomic E-state index is 12.6. The summed E-state index contributed by atoms with van der Waals surface area (Å²) in [5.74, 6) is -1.68. The second-order valence-corrected chi connectivity index (χ2v) is 4.37. The van der Waals surface area contributed by atoms with E-state index in [9.17, 15) is 13.2 Å². The van der Waals surface area contributed by atoms with Gasteiger partial charge in [-0.25, -0.2) is 0 Å². The highest BCUT2D eigenvalue weighted by molar-refractivity contribution is 5.63. The van der Waals surface area contributed by atoms with Gasteiger partial charge in [0, 0.05) is 5.56 Å². The summed E-state index contributed by atoms with van der Waals surface area (Å²) in [5, 5.41) is 10.9. The molecule has 0 bridgehead atoms. The fraction of sp³-hybridized carbons (Fsp3) is 0.0769. The Morgan fingerprint density at radius 3 is 2.41 bits per heavy atom. The number of hydrogen-bond donors (Lipinski definition) is 1. The average Bonchev–Trinajstić information content (AvgIpc) is 2.90. The number of halogens is 3. The fourth-order valence-electron chi connectivity index (χ4n) is 1.86. The lowest BCUT2D eigenvalue weighted by Crippen LogP contribution is -2.09. The zero-order chi connectivity index (χ0) is 15.7. The third kappa shape index (κ3) is 2.60. The summed E-state index contributed by atoms with van der Waals surface area (Å²) in [5.41, 5.74) is 7.00. The Kier molecular flexibility index (Phi) is 3.24. The molecule has 3 rings (SSSR count). The number of benzene rings is 1. The van der Waals surface area contributed by atoms with Crippen molar-refractivity contribution in [3.8, 4) is 16.9 Å². The molecule has 0 aliphatic carbocycles. The van der Waals surface area contributed by atoms with Crippen molar-refractivity contribution in [2.24, 2.45) is 0 Å². The van der Waals surface area contributed by atoms with Crippen LogP contribution in [-0.2, 0) is 6.18 Å². The lowest BCUT2D eigenvalue weighted by Gasteiger charge is -2.04. The van der Waals surface area contributed by atoms with E-state index in [2.05, 4.69) is 20.3 Å². The first-order valence-electron chi connectivity index (χ1n) is 6.13. The lowest BCUT2D eigenvalue weighted by atomic mass is 10.1. The van der Waals surface area contributed by atoms with Gasteiger partial charge < -0.3 is 5.73 Å². The molecule has 3 aromatic rings. The van der Waals surface area contributed by atoms with E-state index >= 15 is 0 Å². The smallest absolute Gasteiger partial charge is 0.368 e. The molecule has 22 heavy (non-hydrogen) atoms. The summed E-state index contributed by atoms with van der Waals surface area (Å²) in [6.45, 7) is 0. The van der Waals surface area contributed by atoms with Crippen LogP contribution < -0.4 is 5.73 Å². The topological polar surface area (TPSA) is 82.5 Å². The number of nitrogen functional groups attached to an aromatic ring is 1. The number of alkyl halides is 3. The molecule has 0 aliphatic heterocycles.